The van der Waals surface area contributed by atoms with Gasteiger partial charge in [-0.1, -0.05) is 12.1 Å². The zero-order valence-corrected chi connectivity index (χ0v) is 15.4. The maximum absolute atomic E-state index is 12.3. The van der Waals surface area contributed by atoms with Gasteiger partial charge in [0.05, 0.1) is 5.60 Å². The molecule has 1 atom stereocenters. The Balaban J connectivity index is 1.84. The molecule has 0 saturated carbocycles. The van der Waals surface area contributed by atoms with Crippen LogP contribution in [0.5, 0.6) is 0 Å². The summed E-state index contributed by atoms with van der Waals surface area (Å²) >= 11 is 0. The molecule has 1 aromatic rings. The summed E-state index contributed by atoms with van der Waals surface area (Å²) in [5.74, 6) is -0.0225. The van der Waals surface area contributed by atoms with Crippen molar-refractivity contribution in [3.05, 3.63) is 35.4 Å². The molecule has 0 aliphatic carbocycles. The molecule has 134 valence electrons. The highest BCUT2D eigenvalue weighted by Gasteiger charge is 2.22. The number of piperazine rings is 1. The van der Waals surface area contributed by atoms with Crippen molar-refractivity contribution in [1.82, 2.24) is 15.1 Å². The molecule has 1 heterocycles. The van der Waals surface area contributed by atoms with Crippen molar-refractivity contribution in [2.24, 2.45) is 0 Å². The Morgan fingerprint density at radius 2 is 1.92 bits per heavy atom. The molecular formula is C19H31N3O2. The normalized spacial score (nSPS) is 20.1. The summed E-state index contributed by atoms with van der Waals surface area (Å²) in [5.41, 5.74) is 1.17. The fraction of sp³-hybridized carbons (Fsp3) is 0.632. The lowest BCUT2D eigenvalue weighted by Gasteiger charge is -2.37. The molecule has 2 rings (SSSR count). The summed E-state index contributed by atoms with van der Waals surface area (Å²) in [6.07, 6.45) is 1.52. The monoisotopic (exact) mass is 333 g/mol. The number of hydrogen-bond donors (Lipinski definition) is 2. The topological polar surface area (TPSA) is 55.8 Å². The van der Waals surface area contributed by atoms with Gasteiger partial charge in [-0.25, -0.2) is 0 Å². The second-order valence-electron chi connectivity index (χ2n) is 7.62. The van der Waals surface area contributed by atoms with Gasteiger partial charge >= 0.3 is 0 Å². The number of nitrogens with one attached hydrogen (secondary N) is 1. The summed E-state index contributed by atoms with van der Waals surface area (Å²) in [5, 5.41) is 12.8. The van der Waals surface area contributed by atoms with Gasteiger partial charge in [0, 0.05) is 37.8 Å². The van der Waals surface area contributed by atoms with Crippen LogP contribution in [0.15, 0.2) is 24.3 Å². The van der Waals surface area contributed by atoms with E-state index in [0.29, 0.717) is 24.6 Å². The van der Waals surface area contributed by atoms with Crippen LogP contribution in [0.1, 0.15) is 36.2 Å². The van der Waals surface area contributed by atoms with Crippen molar-refractivity contribution >= 4 is 5.91 Å². The Labute approximate surface area is 145 Å². The maximum atomic E-state index is 12.3. The smallest absolute Gasteiger partial charge is 0.251 e. The average Bonchev–Trinajstić information content (AvgIpc) is 2.53. The molecule has 0 radical (unpaired) electrons. The van der Waals surface area contributed by atoms with Crippen LogP contribution in [0.3, 0.4) is 0 Å². The van der Waals surface area contributed by atoms with Gasteiger partial charge in [0.25, 0.3) is 5.91 Å². The average molecular weight is 333 g/mol. The third-order valence-electron chi connectivity index (χ3n) is 4.72. The first kappa shape index (κ1) is 18.9. The lowest BCUT2D eigenvalue weighted by molar-refractivity contribution is 0.0713. The van der Waals surface area contributed by atoms with Crippen molar-refractivity contribution in [2.75, 3.05) is 40.3 Å². The molecule has 2 N–H and O–H groups in total. The highest BCUT2D eigenvalue weighted by molar-refractivity contribution is 5.94. The zero-order valence-electron chi connectivity index (χ0n) is 15.4. The van der Waals surface area contributed by atoms with Crippen molar-refractivity contribution in [2.45, 2.75) is 38.3 Å². The molecule has 5 heteroatoms. The van der Waals surface area contributed by atoms with Crippen LogP contribution in [0.4, 0.5) is 0 Å². The lowest BCUT2D eigenvalue weighted by Crippen LogP contribution is -2.54. The van der Waals surface area contributed by atoms with E-state index in [1.807, 2.05) is 38.1 Å². The predicted molar refractivity (Wildman–Crippen MR) is 97.3 cm³/mol. The molecule has 1 amide bonds. The molecule has 0 bridgehead atoms. The van der Waals surface area contributed by atoms with E-state index in [1.54, 1.807) is 0 Å². The summed E-state index contributed by atoms with van der Waals surface area (Å²) in [7, 11) is 4.23. The van der Waals surface area contributed by atoms with Crippen molar-refractivity contribution in [3.63, 3.8) is 0 Å². The fourth-order valence-corrected chi connectivity index (χ4v) is 2.91. The Kier molecular flexibility index (Phi) is 6.38. The van der Waals surface area contributed by atoms with E-state index in [4.69, 9.17) is 0 Å². The zero-order chi connectivity index (χ0) is 17.7. The summed E-state index contributed by atoms with van der Waals surface area (Å²) in [6.45, 7) is 7.38. The third-order valence-corrected chi connectivity index (χ3v) is 4.72. The van der Waals surface area contributed by atoms with E-state index in [2.05, 4.69) is 29.2 Å². The number of likely N-dealkylation sites (N-methyl/N-ethyl adjacent to an activating group) is 2. The largest absolute Gasteiger partial charge is 0.390 e. The molecule has 5 nitrogen and oxygen atoms in total. The van der Waals surface area contributed by atoms with E-state index >= 15 is 0 Å². The number of rotatable bonds is 6. The minimum absolute atomic E-state index is 0.0225. The molecule has 1 fully saturated rings. The van der Waals surface area contributed by atoms with E-state index in [-0.39, 0.29) is 5.91 Å². The number of carbonyl (C=O) groups is 1. The third kappa shape index (κ3) is 5.89. The van der Waals surface area contributed by atoms with Gasteiger partial charge in [0.15, 0.2) is 0 Å². The van der Waals surface area contributed by atoms with E-state index in [1.165, 1.54) is 0 Å². The molecule has 1 unspecified atom stereocenters. The first-order valence-corrected chi connectivity index (χ1v) is 8.73. The molecule has 1 aliphatic heterocycles. The van der Waals surface area contributed by atoms with Gasteiger partial charge < -0.3 is 15.3 Å². The minimum atomic E-state index is -0.658. The standard InChI is InChI=1S/C19H31N3O2/c1-19(2,24)10-9-15-5-7-16(8-6-15)18(23)20-13-17-14-21(3)11-12-22(17)4/h5-8,17,24H,9-14H2,1-4H3,(H,20,23). The molecular weight excluding hydrogens is 302 g/mol. The highest BCUT2D eigenvalue weighted by atomic mass is 16.3. The van der Waals surface area contributed by atoms with Crippen molar-refractivity contribution < 1.29 is 9.90 Å². The van der Waals surface area contributed by atoms with Crippen LogP contribution in [-0.4, -0.2) is 72.7 Å². The molecule has 24 heavy (non-hydrogen) atoms. The Bertz CT molecular complexity index is 537. The van der Waals surface area contributed by atoms with E-state index in [9.17, 15) is 9.90 Å². The summed E-state index contributed by atoms with van der Waals surface area (Å²) < 4.78 is 0. The second-order valence-corrected chi connectivity index (χ2v) is 7.62. The van der Waals surface area contributed by atoms with E-state index < -0.39 is 5.60 Å². The molecule has 1 aliphatic rings. The van der Waals surface area contributed by atoms with Gasteiger partial charge in [-0.2, -0.15) is 0 Å². The van der Waals surface area contributed by atoms with Gasteiger partial charge in [0.2, 0.25) is 0 Å². The SMILES string of the molecule is CN1CCN(C)C(CNC(=O)c2ccc(CCC(C)(C)O)cc2)C1. The number of benzene rings is 1. The van der Waals surface area contributed by atoms with Gasteiger partial charge in [0.1, 0.15) is 0 Å². The first-order valence-electron chi connectivity index (χ1n) is 8.73. The number of carbonyl (C=O) groups excluding carboxylic acids is 1. The van der Waals surface area contributed by atoms with Gasteiger partial charge in [-0.15, -0.1) is 0 Å². The lowest BCUT2D eigenvalue weighted by atomic mass is 9.98. The predicted octanol–water partition coefficient (Wildman–Crippen LogP) is 1.37. The number of nitrogens with zero attached hydrogens (tertiary/aromatic N) is 2. The van der Waals surface area contributed by atoms with Crippen LogP contribution in [0.25, 0.3) is 0 Å². The van der Waals surface area contributed by atoms with Crippen LogP contribution in [0.2, 0.25) is 0 Å². The number of aryl methyl sites for hydroxylation is 1. The Morgan fingerprint density at radius 1 is 1.25 bits per heavy atom. The van der Waals surface area contributed by atoms with Crippen molar-refractivity contribution in [3.8, 4) is 0 Å². The number of hydrogen-bond acceptors (Lipinski definition) is 4. The number of amides is 1. The van der Waals surface area contributed by atoms with E-state index in [0.717, 1.165) is 31.6 Å². The Morgan fingerprint density at radius 3 is 2.54 bits per heavy atom. The highest BCUT2D eigenvalue weighted by Crippen LogP contribution is 2.14. The van der Waals surface area contributed by atoms with Crippen LogP contribution in [-0.2, 0) is 6.42 Å². The van der Waals surface area contributed by atoms with Crippen LogP contribution in [0, 0.1) is 0 Å². The molecule has 1 saturated heterocycles. The van der Waals surface area contributed by atoms with Gasteiger partial charge in [-0.3, -0.25) is 9.69 Å². The molecule has 0 aromatic heterocycles. The molecule has 1 aromatic carbocycles. The van der Waals surface area contributed by atoms with Gasteiger partial charge in [-0.05, 0) is 58.5 Å². The van der Waals surface area contributed by atoms with Crippen molar-refractivity contribution in [1.29, 1.82) is 0 Å². The summed E-state index contributed by atoms with van der Waals surface area (Å²) in [4.78, 5) is 16.9. The minimum Gasteiger partial charge on any atom is -0.390 e. The summed E-state index contributed by atoms with van der Waals surface area (Å²) in [6, 6.07) is 8.04. The quantitative estimate of drug-likeness (QED) is 0.825. The fourth-order valence-electron chi connectivity index (χ4n) is 2.91. The number of aliphatic hydroxyl groups is 1. The second kappa shape index (κ2) is 8.10. The van der Waals surface area contributed by atoms with Crippen LogP contribution >= 0.6 is 0 Å². The Hall–Kier alpha value is -1.43. The van der Waals surface area contributed by atoms with Crippen LogP contribution < -0.4 is 5.32 Å². The first-order chi connectivity index (χ1) is 11.2. The molecule has 0 spiro atoms. The maximum Gasteiger partial charge on any atom is 0.251 e.